The van der Waals surface area contributed by atoms with Crippen LogP contribution in [-0.2, 0) is 13.1 Å². The number of anilines is 1. The lowest BCUT2D eigenvalue weighted by Gasteiger charge is -2.09. The quantitative estimate of drug-likeness (QED) is 0.155. The second kappa shape index (κ2) is 13.9. The maximum absolute atomic E-state index is 12.5. The highest BCUT2D eigenvalue weighted by atomic mass is 35.5. The summed E-state index contributed by atoms with van der Waals surface area (Å²) >= 11 is 12.1. The highest BCUT2D eigenvalue weighted by Gasteiger charge is 2.18. The maximum atomic E-state index is 12.5. The largest absolute Gasteiger partial charge is 0.294 e. The summed E-state index contributed by atoms with van der Waals surface area (Å²) in [5.74, 6) is 0. The lowest BCUT2D eigenvalue weighted by molar-refractivity contribution is -0.384. The number of halogens is 2. The molecule has 11 nitrogen and oxygen atoms in total. The number of nitro groups is 1. The number of aromatic nitrogens is 4. The van der Waals surface area contributed by atoms with Gasteiger partial charge in [-0.15, -0.1) is 0 Å². The molecule has 0 aliphatic rings. The summed E-state index contributed by atoms with van der Waals surface area (Å²) in [4.78, 5) is 43.5. The average Bonchev–Trinajstić information content (AvgIpc) is 3.02. The lowest BCUT2D eigenvalue weighted by Crippen LogP contribution is -2.21. The number of rotatable bonds is 6. The predicted molar refractivity (Wildman–Crippen MR) is 172 cm³/mol. The van der Waals surface area contributed by atoms with E-state index in [9.17, 15) is 19.7 Å². The van der Waals surface area contributed by atoms with Crippen molar-refractivity contribution in [1.29, 1.82) is 0 Å². The van der Waals surface area contributed by atoms with Gasteiger partial charge in [0.2, 0.25) is 0 Å². The first-order chi connectivity index (χ1) is 20.8. The smallest absolute Gasteiger partial charge is 0.290 e. The molecule has 0 aliphatic heterocycles. The number of fused-ring (bicyclic) bond motifs is 2. The van der Waals surface area contributed by atoms with E-state index in [0.717, 1.165) is 11.1 Å². The monoisotopic (exact) mass is 632 g/mol. The minimum Gasteiger partial charge on any atom is -0.294 e. The van der Waals surface area contributed by atoms with E-state index in [0.29, 0.717) is 29.7 Å². The molecule has 44 heavy (non-hydrogen) atoms. The van der Waals surface area contributed by atoms with Gasteiger partial charge in [0.1, 0.15) is 10.5 Å². The Balaban J connectivity index is 0.000000197. The molecule has 0 amide bonds. The minimum absolute atomic E-state index is 0. The molecule has 0 radical (unpaired) electrons. The molecule has 224 valence electrons. The van der Waals surface area contributed by atoms with Crippen LogP contribution in [0.3, 0.4) is 0 Å². The van der Waals surface area contributed by atoms with E-state index in [1.807, 2.05) is 66.1 Å². The van der Waals surface area contributed by atoms with Gasteiger partial charge in [0.25, 0.3) is 16.8 Å². The van der Waals surface area contributed by atoms with Crippen molar-refractivity contribution < 1.29 is 10.1 Å². The fraction of sp³-hybridized carbons (Fsp3) is 0.0968. The summed E-state index contributed by atoms with van der Waals surface area (Å²) < 4.78 is 2.97. The van der Waals surface area contributed by atoms with Crippen molar-refractivity contribution >= 4 is 56.4 Å². The van der Waals surface area contributed by atoms with Gasteiger partial charge >= 0.3 is 0 Å². The van der Waals surface area contributed by atoms with Crippen LogP contribution >= 0.6 is 23.2 Å². The van der Waals surface area contributed by atoms with E-state index >= 15 is 0 Å². The molecule has 2 aromatic heterocycles. The number of nitro benzene ring substituents is 1. The zero-order valence-electron chi connectivity index (χ0n) is 22.2. The molecule has 6 aromatic rings. The molecule has 0 spiro atoms. The normalized spacial score (nSPS) is 10.5. The molecule has 0 fully saturated rings. The minimum atomic E-state index is -0.598. The van der Waals surface area contributed by atoms with Crippen LogP contribution in [0.2, 0.25) is 10.0 Å². The van der Waals surface area contributed by atoms with Crippen LogP contribution in [0.4, 0.5) is 11.4 Å². The van der Waals surface area contributed by atoms with Gasteiger partial charge in [0, 0.05) is 6.07 Å². The van der Waals surface area contributed by atoms with Crippen molar-refractivity contribution in [1.82, 2.24) is 19.1 Å². The Kier molecular flexibility index (Phi) is 10.1. The van der Waals surface area contributed by atoms with Gasteiger partial charge in [0.15, 0.2) is 0 Å². The highest BCUT2D eigenvalue weighted by Crippen LogP contribution is 2.30. The summed E-state index contributed by atoms with van der Waals surface area (Å²) in [5.41, 5.74) is 4.06. The Hall–Kier alpha value is -5.10. The number of benzene rings is 4. The summed E-state index contributed by atoms with van der Waals surface area (Å²) in [6.07, 6.45) is 2.82. The molecular weight excluding hydrogens is 607 g/mol. The molecule has 4 aromatic carbocycles. The van der Waals surface area contributed by atoms with E-state index in [-0.39, 0.29) is 45.2 Å². The first-order valence-corrected chi connectivity index (χ1v) is 13.5. The first-order valence-electron chi connectivity index (χ1n) is 12.8. The van der Waals surface area contributed by atoms with Crippen molar-refractivity contribution in [3.63, 3.8) is 0 Å². The lowest BCUT2D eigenvalue weighted by atomic mass is 10.2. The SMILES string of the molecule is C.O=c1c2ccc(NO)c(Cl)c2ncn1Cc1ccccc1.O=c1c2ccc([N+](=O)[O-])c(Cl)c2ncn1Cc1ccccc1. The maximum Gasteiger partial charge on any atom is 0.290 e. The number of nitrogens with one attached hydrogen (secondary N) is 1. The van der Waals surface area contributed by atoms with Crippen LogP contribution in [0, 0.1) is 10.1 Å². The molecular formula is C31H26Cl2N6O5. The second-order valence-electron chi connectivity index (χ2n) is 9.31. The molecule has 0 saturated carbocycles. The van der Waals surface area contributed by atoms with E-state index in [4.69, 9.17) is 28.4 Å². The van der Waals surface area contributed by atoms with Crippen LogP contribution in [0.15, 0.2) is 107 Å². The van der Waals surface area contributed by atoms with Gasteiger partial charge < -0.3 is 0 Å². The van der Waals surface area contributed by atoms with Crippen molar-refractivity contribution in [3.8, 4) is 0 Å². The van der Waals surface area contributed by atoms with Crippen LogP contribution in [0.25, 0.3) is 21.8 Å². The standard InChI is InChI=1S/C15H10ClN3O3.C15H12ClN3O2.CH4/c16-13-12(19(21)22)7-6-11-14(13)17-9-18(15(11)20)8-10-4-2-1-3-5-10;16-13-12(18-21)7-6-11-14(13)17-9-19(15(11)20)8-10-4-2-1-3-5-10;/h1-7,9H,8H2;1-7,9,18,21H,8H2;1H4. The molecule has 0 aliphatic carbocycles. The van der Waals surface area contributed by atoms with E-state index in [1.165, 1.54) is 33.9 Å². The zero-order valence-corrected chi connectivity index (χ0v) is 23.7. The third-order valence-electron chi connectivity index (χ3n) is 6.56. The van der Waals surface area contributed by atoms with Crippen LogP contribution in [0.1, 0.15) is 18.6 Å². The van der Waals surface area contributed by atoms with Crippen molar-refractivity contribution in [2.45, 2.75) is 20.5 Å². The van der Waals surface area contributed by atoms with Crippen LogP contribution in [-0.4, -0.2) is 29.2 Å². The Morgan fingerprint density at radius 1 is 0.727 bits per heavy atom. The number of hydrogen-bond acceptors (Lipinski definition) is 8. The fourth-order valence-corrected chi connectivity index (χ4v) is 4.94. The van der Waals surface area contributed by atoms with Gasteiger partial charge in [-0.2, -0.15) is 0 Å². The van der Waals surface area contributed by atoms with Crippen molar-refractivity contribution in [2.75, 3.05) is 5.48 Å². The van der Waals surface area contributed by atoms with E-state index in [2.05, 4.69) is 9.97 Å². The van der Waals surface area contributed by atoms with E-state index in [1.54, 1.807) is 12.1 Å². The molecule has 6 rings (SSSR count). The van der Waals surface area contributed by atoms with Gasteiger partial charge in [-0.05, 0) is 29.3 Å². The summed E-state index contributed by atoms with van der Waals surface area (Å²) in [6, 6.07) is 24.9. The average molecular weight is 633 g/mol. The van der Waals surface area contributed by atoms with Crippen molar-refractivity contribution in [2.24, 2.45) is 0 Å². The zero-order chi connectivity index (χ0) is 30.5. The molecule has 0 saturated heterocycles. The van der Waals surface area contributed by atoms with E-state index < -0.39 is 4.92 Å². The number of nitrogens with zero attached hydrogens (tertiary/aromatic N) is 5. The summed E-state index contributed by atoms with van der Waals surface area (Å²) in [5, 5.41) is 20.6. The van der Waals surface area contributed by atoms with Crippen LogP contribution < -0.4 is 16.6 Å². The Morgan fingerprint density at radius 2 is 1.18 bits per heavy atom. The highest BCUT2D eigenvalue weighted by molar-refractivity contribution is 6.37. The Morgan fingerprint density at radius 3 is 1.64 bits per heavy atom. The van der Waals surface area contributed by atoms with Crippen molar-refractivity contribution in [3.05, 3.63) is 150 Å². The van der Waals surface area contributed by atoms with Crippen LogP contribution in [0.5, 0.6) is 0 Å². The first kappa shape index (κ1) is 31.8. The topological polar surface area (TPSA) is 145 Å². The van der Waals surface area contributed by atoms with Gasteiger partial charge in [-0.25, -0.2) is 9.97 Å². The summed E-state index contributed by atoms with van der Waals surface area (Å²) in [6.45, 7) is 0.817. The molecule has 0 bridgehead atoms. The Labute approximate surface area is 260 Å². The molecule has 13 heteroatoms. The molecule has 0 unspecified atom stereocenters. The third kappa shape index (κ3) is 6.60. The second-order valence-corrected chi connectivity index (χ2v) is 10.1. The molecule has 0 atom stereocenters. The Bertz CT molecular complexity index is 2070. The number of hydrogen-bond donors (Lipinski definition) is 2. The fourth-order valence-electron chi connectivity index (χ4n) is 4.40. The third-order valence-corrected chi connectivity index (χ3v) is 7.31. The molecule has 2 N–H and O–H groups in total. The van der Waals surface area contributed by atoms with Gasteiger partial charge in [-0.3, -0.25) is 39.5 Å². The molecule has 2 heterocycles. The van der Waals surface area contributed by atoms with Gasteiger partial charge in [0.05, 0.1) is 57.7 Å². The summed E-state index contributed by atoms with van der Waals surface area (Å²) in [7, 11) is 0. The predicted octanol–water partition coefficient (Wildman–Crippen LogP) is 6.54. The van der Waals surface area contributed by atoms with Gasteiger partial charge in [-0.1, -0.05) is 91.3 Å².